The van der Waals surface area contributed by atoms with E-state index in [9.17, 15) is 4.79 Å². The lowest BCUT2D eigenvalue weighted by Crippen LogP contribution is -2.37. The number of fused-ring (bicyclic) bond motifs is 1. The fraction of sp³-hybridized carbons (Fsp3) is 0.643. The van der Waals surface area contributed by atoms with Gasteiger partial charge in [-0.3, -0.25) is 4.79 Å². The van der Waals surface area contributed by atoms with E-state index in [4.69, 9.17) is 0 Å². The minimum Gasteiger partial charge on any atom is -0.341 e. The summed E-state index contributed by atoms with van der Waals surface area (Å²) in [7, 11) is 1.94. The van der Waals surface area contributed by atoms with Crippen molar-refractivity contribution in [2.24, 2.45) is 5.92 Å². The van der Waals surface area contributed by atoms with Crippen LogP contribution in [-0.4, -0.2) is 29.2 Å². The molecule has 0 atom stereocenters. The number of carbonyl (C=O) groups excluding carboxylic acids is 1. The second-order valence-electron chi connectivity index (χ2n) is 5.53. The minimum absolute atomic E-state index is 0.215. The van der Waals surface area contributed by atoms with Crippen LogP contribution in [0.15, 0.2) is 6.07 Å². The Labute approximate surface area is 120 Å². The molecule has 1 heterocycles. The topological polar surface area (TPSA) is 20.3 Å². The van der Waals surface area contributed by atoms with Crippen molar-refractivity contribution in [1.29, 1.82) is 0 Å². The van der Waals surface area contributed by atoms with Crippen molar-refractivity contribution in [2.75, 3.05) is 13.6 Å². The zero-order chi connectivity index (χ0) is 12.7. The van der Waals surface area contributed by atoms with Crippen LogP contribution in [0.2, 0.25) is 0 Å². The normalized spacial score (nSPS) is 25.7. The Morgan fingerprint density at radius 2 is 2.28 bits per heavy atom. The van der Waals surface area contributed by atoms with Crippen LogP contribution in [0.25, 0.3) is 0 Å². The van der Waals surface area contributed by atoms with Crippen LogP contribution in [0, 0.1) is 5.92 Å². The van der Waals surface area contributed by atoms with Crippen LogP contribution in [0.5, 0.6) is 0 Å². The minimum atomic E-state index is 0.215. The molecule has 0 saturated heterocycles. The van der Waals surface area contributed by atoms with Crippen molar-refractivity contribution < 1.29 is 4.79 Å². The van der Waals surface area contributed by atoms with Gasteiger partial charge in [-0.25, -0.2) is 0 Å². The van der Waals surface area contributed by atoms with E-state index in [0.717, 1.165) is 17.8 Å². The van der Waals surface area contributed by atoms with Crippen LogP contribution in [0.1, 0.15) is 39.4 Å². The fourth-order valence-electron chi connectivity index (χ4n) is 2.90. The molecule has 0 N–H and O–H groups in total. The summed E-state index contributed by atoms with van der Waals surface area (Å²) in [6, 6.07) is 2.12. The number of aryl methyl sites for hydroxylation is 2. The monoisotopic (exact) mass is 327 g/mol. The van der Waals surface area contributed by atoms with Gasteiger partial charge in [-0.05, 0) is 49.7 Å². The van der Waals surface area contributed by atoms with Gasteiger partial charge >= 0.3 is 0 Å². The van der Waals surface area contributed by atoms with Crippen molar-refractivity contribution in [3.63, 3.8) is 0 Å². The first-order valence-electron chi connectivity index (χ1n) is 6.64. The lowest BCUT2D eigenvalue weighted by atomic mass is 9.85. The molecule has 3 rings (SSSR count). The van der Waals surface area contributed by atoms with Gasteiger partial charge in [0, 0.05) is 23.3 Å². The zero-order valence-electron chi connectivity index (χ0n) is 10.6. The van der Waals surface area contributed by atoms with Crippen molar-refractivity contribution in [3.8, 4) is 0 Å². The molecule has 98 valence electrons. The molecule has 18 heavy (non-hydrogen) atoms. The van der Waals surface area contributed by atoms with E-state index in [1.807, 2.05) is 11.9 Å². The molecule has 1 aromatic rings. The summed E-state index contributed by atoms with van der Waals surface area (Å²) in [6.45, 7) is 0.906. The summed E-state index contributed by atoms with van der Waals surface area (Å²) in [5.41, 5.74) is 1.42. The SMILES string of the molecule is CN(CC1CC(Br)C1)C(=O)c1cc2c(s1)CCC2. The summed E-state index contributed by atoms with van der Waals surface area (Å²) in [5.74, 6) is 0.905. The summed E-state index contributed by atoms with van der Waals surface area (Å²) in [6.07, 6.45) is 6.01. The number of alkyl halides is 1. The number of nitrogens with zero attached hydrogens (tertiary/aromatic N) is 1. The second-order valence-corrected chi connectivity index (χ2v) is 7.96. The van der Waals surface area contributed by atoms with Gasteiger partial charge in [0.25, 0.3) is 5.91 Å². The molecule has 1 saturated carbocycles. The summed E-state index contributed by atoms with van der Waals surface area (Å²) >= 11 is 5.31. The van der Waals surface area contributed by atoms with Gasteiger partial charge < -0.3 is 4.90 Å². The van der Waals surface area contributed by atoms with Gasteiger partial charge in [0.15, 0.2) is 0 Å². The highest BCUT2D eigenvalue weighted by Crippen LogP contribution is 2.35. The predicted molar refractivity (Wildman–Crippen MR) is 78.7 cm³/mol. The molecular weight excluding hydrogens is 310 g/mol. The third kappa shape index (κ3) is 2.37. The van der Waals surface area contributed by atoms with E-state index in [1.165, 1.54) is 36.1 Å². The Morgan fingerprint density at radius 3 is 2.94 bits per heavy atom. The maximum atomic E-state index is 12.3. The third-order valence-electron chi connectivity index (χ3n) is 4.01. The van der Waals surface area contributed by atoms with Crippen LogP contribution < -0.4 is 0 Å². The Balaban J connectivity index is 1.62. The van der Waals surface area contributed by atoms with E-state index in [-0.39, 0.29) is 5.91 Å². The first-order valence-corrected chi connectivity index (χ1v) is 8.38. The largest absolute Gasteiger partial charge is 0.341 e. The molecule has 2 aliphatic carbocycles. The first-order chi connectivity index (χ1) is 8.63. The number of hydrogen-bond acceptors (Lipinski definition) is 2. The molecule has 0 radical (unpaired) electrons. The Kier molecular flexibility index (Phi) is 3.50. The zero-order valence-corrected chi connectivity index (χ0v) is 13.0. The second kappa shape index (κ2) is 4.97. The first kappa shape index (κ1) is 12.7. The van der Waals surface area contributed by atoms with Gasteiger partial charge in [-0.15, -0.1) is 11.3 Å². The molecule has 0 spiro atoms. The lowest BCUT2D eigenvalue weighted by molar-refractivity contribution is 0.0753. The maximum Gasteiger partial charge on any atom is 0.263 e. The van der Waals surface area contributed by atoms with Gasteiger partial charge in [0.05, 0.1) is 4.88 Å². The third-order valence-corrected chi connectivity index (χ3v) is 5.99. The van der Waals surface area contributed by atoms with E-state index in [0.29, 0.717) is 10.7 Å². The van der Waals surface area contributed by atoms with Crippen LogP contribution in [0.4, 0.5) is 0 Å². The average Bonchev–Trinajstić information content (AvgIpc) is 2.85. The summed E-state index contributed by atoms with van der Waals surface area (Å²) < 4.78 is 0. The molecule has 2 aliphatic rings. The molecule has 0 aliphatic heterocycles. The Bertz CT molecular complexity index is 443. The molecule has 0 unspecified atom stereocenters. The van der Waals surface area contributed by atoms with Crippen LogP contribution in [-0.2, 0) is 12.8 Å². The standard InChI is InChI=1S/C14H18BrNOS/c1-16(8-9-5-11(15)6-9)14(17)13-7-10-3-2-4-12(10)18-13/h7,9,11H,2-6,8H2,1H3. The molecule has 4 heteroatoms. The van der Waals surface area contributed by atoms with E-state index < -0.39 is 0 Å². The Morgan fingerprint density at radius 1 is 1.50 bits per heavy atom. The lowest BCUT2D eigenvalue weighted by Gasteiger charge is -2.34. The van der Waals surface area contributed by atoms with Crippen molar-refractivity contribution in [1.82, 2.24) is 4.90 Å². The smallest absolute Gasteiger partial charge is 0.263 e. The van der Waals surface area contributed by atoms with Gasteiger partial charge in [-0.1, -0.05) is 15.9 Å². The van der Waals surface area contributed by atoms with Crippen molar-refractivity contribution in [2.45, 2.75) is 36.9 Å². The van der Waals surface area contributed by atoms with E-state index in [2.05, 4.69) is 22.0 Å². The summed E-state index contributed by atoms with van der Waals surface area (Å²) in [4.78, 5) is 17.3. The van der Waals surface area contributed by atoms with E-state index in [1.54, 1.807) is 11.3 Å². The summed E-state index contributed by atoms with van der Waals surface area (Å²) in [5, 5.41) is 0. The number of amides is 1. The average molecular weight is 328 g/mol. The molecule has 1 amide bonds. The number of thiophene rings is 1. The van der Waals surface area contributed by atoms with Gasteiger partial charge in [0.2, 0.25) is 0 Å². The Hall–Kier alpha value is -0.350. The molecule has 1 fully saturated rings. The van der Waals surface area contributed by atoms with Crippen molar-refractivity contribution >= 4 is 33.2 Å². The predicted octanol–water partition coefficient (Wildman–Crippen LogP) is 3.48. The highest BCUT2D eigenvalue weighted by Gasteiger charge is 2.29. The molecule has 2 nitrogen and oxygen atoms in total. The molecular formula is C14H18BrNOS. The highest BCUT2D eigenvalue weighted by atomic mass is 79.9. The number of hydrogen-bond donors (Lipinski definition) is 0. The number of carbonyl (C=O) groups is 1. The quantitative estimate of drug-likeness (QED) is 0.778. The van der Waals surface area contributed by atoms with Gasteiger partial charge in [0.1, 0.15) is 0 Å². The molecule has 1 aromatic heterocycles. The fourth-order valence-corrected chi connectivity index (χ4v) is 5.20. The van der Waals surface area contributed by atoms with E-state index >= 15 is 0 Å². The van der Waals surface area contributed by atoms with Crippen LogP contribution >= 0.6 is 27.3 Å². The van der Waals surface area contributed by atoms with Crippen LogP contribution in [0.3, 0.4) is 0 Å². The number of halogens is 1. The van der Waals surface area contributed by atoms with Crippen molar-refractivity contribution in [3.05, 3.63) is 21.4 Å². The highest BCUT2D eigenvalue weighted by molar-refractivity contribution is 9.09. The molecule has 0 aromatic carbocycles. The molecule has 0 bridgehead atoms. The maximum absolute atomic E-state index is 12.3. The number of rotatable bonds is 3. The van der Waals surface area contributed by atoms with Gasteiger partial charge in [-0.2, -0.15) is 0 Å².